The Morgan fingerprint density at radius 3 is 3.38 bits per heavy atom. The molecule has 0 aromatic carbocycles. The smallest absolute Gasteiger partial charge is 0.221 e. The van der Waals surface area contributed by atoms with E-state index in [0.29, 0.717) is 13.0 Å². The Bertz CT molecular complexity index is 489. The van der Waals surface area contributed by atoms with E-state index >= 15 is 0 Å². The number of rotatable bonds is 3. The van der Waals surface area contributed by atoms with Gasteiger partial charge in [0.05, 0.1) is 5.69 Å². The number of fused-ring (bicyclic) bond motifs is 1. The second-order valence-corrected chi connectivity index (χ2v) is 4.78. The standard InChI is InChI=1S/C10H12N4OS/c15-9-3-7(4-12-9)11-5-8-6-14-1-2-16-10(14)13-8/h1-2,6-7,11H,3-5H2,(H,12,15). The highest BCUT2D eigenvalue weighted by atomic mass is 32.1. The maximum Gasteiger partial charge on any atom is 0.221 e. The quantitative estimate of drug-likeness (QED) is 0.809. The molecule has 3 heterocycles. The number of nitrogens with zero attached hydrogens (tertiary/aromatic N) is 2. The van der Waals surface area contributed by atoms with Crippen LogP contribution < -0.4 is 10.6 Å². The molecule has 1 atom stereocenters. The van der Waals surface area contributed by atoms with Gasteiger partial charge in [0.25, 0.3) is 0 Å². The number of hydrogen-bond donors (Lipinski definition) is 2. The summed E-state index contributed by atoms with van der Waals surface area (Å²) in [7, 11) is 0. The average Bonchev–Trinajstić information content (AvgIpc) is 2.89. The third-order valence-corrected chi connectivity index (χ3v) is 3.46. The first-order valence-electron chi connectivity index (χ1n) is 5.22. The van der Waals surface area contributed by atoms with Crippen LogP contribution in [0.4, 0.5) is 0 Å². The van der Waals surface area contributed by atoms with Gasteiger partial charge < -0.3 is 10.6 Å². The second-order valence-electron chi connectivity index (χ2n) is 3.91. The molecule has 2 aromatic rings. The molecule has 16 heavy (non-hydrogen) atoms. The van der Waals surface area contributed by atoms with Gasteiger partial charge >= 0.3 is 0 Å². The van der Waals surface area contributed by atoms with E-state index in [4.69, 9.17) is 0 Å². The molecule has 0 radical (unpaired) electrons. The van der Waals surface area contributed by atoms with Gasteiger partial charge in [-0.2, -0.15) is 0 Å². The molecule has 6 heteroatoms. The number of imidazole rings is 1. The van der Waals surface area contributed by atoms with E-state index in [2.05, 4.69) is 15.6 Å². The molecule has 0 saturated carbocycles. The van der Waals surface area contributed by atoms with Crippen molar-refractivity contribution in [3.8, 4) is 0 Å². The van der Waals surface area contributed by atoms with Crippen LogP contribution >= 0.6 is 11.3 Å². The van der Waals surface area contributed by atoms with Crippen LogP contribution in [0.5, 0.6) is 0 Å². The van der Waals surface area contributed by atoms with Crippen LogP contribution in [0.2, 0.25) is 0 Å². The molecular weight excluding hydrogens is 224 g/mol. The van der Waals surface area contributed by atoms with Gasteiger partial charge in [0.1, 0.15) is 0 Å². The third kappa shape index (κ3) is 1.81. The molecule has 1 aliphatic rings. The number of amides is 1. The molecule has 1 unspecified atom stereocenters. The number of carbonyl (C=O) groups excluding carboxylic acids is 1. The van der Waals surface area contributed by atoms with Crippen molar-refractivity contribution in [1.29, 1.82) is 0 Å². The van der Waals surface area contributed by atoms with Gasteiger partial charge in [0, 0.05) is 43.3 Å². The molecular formula is C10H12N4OS. The van der Waals surface area contributed by atoms with Crippen molar-refractivity contribution in [2.45, 2.75) is 19.0 Å². The van der Waals surface area contributed by atoms with Crippen molar-refractivity contribution in [3.63, 3.8) is 0 Å². The van der Waals surface area contributed by atoms with Crippen molar-refractivity contribution in [3.05, 3.63) is 23.5 Å². The summed E-state index contributed by atoms with van der Waals surface area (Å²) in [5, 5.41) is 8.14. The van der Waals surface area contributed by atoms with Crippen molar-refractivity contribution >= 4 is 22.2 Å². The molecule has 0 bridgehead atoms. The lowest BCUT2D eigenvalue weighted by atomic mass is 10.2. The summed E-state index contributed by atoms with van der Waals surface area (Å²) in [6.07, 6.45) is 4.59. The number of hydrogen-bond acceptors (Lipinski definition) is 4. The molecule has 2 aromatic heterocycles. The topological polar surface area (TPSA) is 58.4 Å². The van der Waals surface area contributed by atoms with E-state index in [0.717, 1.165) is 17.2 Å². The highest BCUT2D eigenvalue weighted by Gasteiger charge is 2.20. The number of aromatic nitrogens is 2. The van der Waals surface area contributed by atoms with Crippen molar-refractivity contribution in [1.82, 2.24) is 20.0 Å². The van der Waals surface area contributed by atoms with Gasteiger partial charge in [-0.15, -0.1) is 11.3 Å². The molecule has 3 rings (SSSR count). The zero-order valence-electron chi connectivity index (χ0n) is 8.64. The van der Waals surface area contributed by atoms with E-state index in [1.165, 1.54) is 0 Å². The van der Waals surface area contributed by atoms with Crippen LogP contribution in [-0.2, 0) is 11.3 Å². The summed E-state index contributed by atoms with van der Waals surface area (Å²) >= 11 is 1.62. The van der Waals surface area contributed by atoms with Crippen molar-refractivity contribution in [2.75, 3.05) is 6.54 Å². The average molecular weight is 236 g/mol. The molecule has 1 fully saturated rings. The van der Waals surface area contributed by atoms with Crippen LogP contribution in [0.3, 0.4) is 0 Å². The lowest BCUT2D eigenvalue weighted by molar-refractivity contribution is -0.119. The fourth-order valence-corrected chi connectivity index (χ4v) is 2.58. The Morgan fingerprint density at radius 1 is 1.69 bits per heavy atom. The molecule has 2 N–H and O–H groups in total. The zero-order valence-corrected chi connectivity index (χ0v) is 9.46. The van der Waals surface area contributed by atoms with Crippen LogP contribution in [0.25, 0.3) is 4.96 Å². The normalized spacial score (nSPS) is 20.5. The third-order valence-electron chi connectivity index (χ3n) is 2.69. The van der Waals surface area contributed by atoms with Crippen LogP contribution in [0.1, 0.15) is 12.1 Å². The molecule has 0 spiro atoms. The highest BCUT2D eigenvalue weighted by Crippen LogP contribution is 2.11. The Kier molecular flexibility index (Phi) is 2.37. The lowest BCUT2D eigenvalue weighted by Crippen LogP contribution is -2.30. The first-order chi connectivity index (χ1) is 7.81. The van der Waals surface area contributed by atoms with Gasteiger partial charge in [0.15, 0.2) is 4.96 Å². The van der Waals surface area contributed by atoms with E-state index in [1.54, 1.807) is 11.3 Å². The zero-order chi connectivity index (χ0) is 11.0. The molecule has 1 saturated heterocycles. The first-order valence-corrected chi connectivity index (χ1v) is 6.10. The van der Waals surface area contributed by atoms with E-state index < -0.39 is 0 Å². The number of carbonyl (C=O) groups is 1. The lowest BCUT2D eigenvalue weighted by Gasteiger charge is -2.07. The maximum atomic E-state index is 11.0. The largest absolute Gasteiger partial charge is 0.354 e. The molecule has 1 amide bonds. The minimum absolute atomic E-state index is 0.128. The van der Waals surface area contributed by atoms with E-state index in [9.17, 15) is 4.79 Å². The highest BCUT2D eigenvalue weighted by molar-refractivity contribution is 7.15. The summed E-state index contributed by atoms with van der Waals surface area (Å²) in [6.45, 7) is 1.44. The minimum Gasteiger partial charge on any atom is -0.354 e. The fourth-order valence-electron chi connectivity index (χ4n) is 1.86. The summed E-state index contributed by atoms with van der Waals surface area (Å²) < 4.78 is 2.01. The Balaban J connectivity index is 1.62. The summed E-state index contributed by atoms with van der Waals surface area (Å²) in [6, 6.07) is 0.243. The molecule has 5 nitrogen and oxygen atoms in total. The van der Waals surface area contributed by atoms with Crippen molar-refractivity contribution in [2.24, 2.45) is 0 Å². The van der Waals surface area contributed by atoms with E-state index in [-0.39, 0.29) is 11.9 Å². The first kappa shape index (κ1) is 9.80. The number of thiazole rings is 1. The van der Waals surface area contributed by atoms with Gasteiger partial charge in [-0.25, -0.2) is 4.98 Å². The van der Waals surface area contributed by atoms with Gasteiger partial charge in [0.2, 0.25) is 5.91 Å². The minimum atomic E-state index is 0.128. The maximum absolute atomic E-state index is 11.0. The number of nitrogens with one attached hydrogen (secondary N) is 2. The molecule has 0 aliphatic carbocycles. The fraction of sp³-hybridized carbons (Fsp3) is 0.400. The molecule has 1 aliphatic heterocycles. The van der Waals surface area contributed by atoms with Gasteiger partial charge in [-0.1, -0.05) is 0 Å². The van der Waals surface area contributed by atoms with Crippen LogP contribution in [0, 0.1) is 0 Å². The van der Waals surface area contributed by atoms with Crippen LogP contribution in [-0.4, -0.2) is 27.9 Å². The van der Waals surface area contributed by atoms with Crippen LogP contribution in [0.15, 0.2) is 17.8 Å². The summed E-state index contributed by atoms with van der Waals surface area (Å²) in [4.78, 5) is 16.5. The predicted octanol–water partition coefficient (Wildman–Crippen LogP) is 0.374. The van der Waals surface area contributed by atoms with Crippen molar-refractivity contribution < 1.29 is 4.79 Å². The summed E-state index contributed by atoms with van der Waals surface area (Å²) in [5.74, 6) is 0.128. The van der Waals surface area contributed by atoms with Gasteiger partial charge in [-0.3, -0.25) is 9.20 Å². The second kappa shape index (κ2) is 3.88. The predicted molar refractivity (Wildman–Crippen MR) is 61.3 cm³/mol. The molecule has 84 valence electrons. The Hall–Kier alpha value is -1.40. The Labute approximate surface area is 96.5 Å². The monoisotopic (exact) mass is 236 g/mol. The summed E-state index contributed by atoms with van der Waals surface area (Å²) in [5.41, 5.74) is 1.02. The SMILES string of the molecule is O=C1CC(NCc2cn3ccsc3n2)CN1. The van der Waals surface area contributed by atoms with Gasteiger partial charge in [-0.05, 0) is 0 Å². The van der Waals surface area contributed by atoms with E-state index in [1.807, 2.05) is 22.2 Å². The Morgan fingerprint density at radius 2 is 2.62 bits per heavy atom.